The van der Waals surface area contributed by atoms with E-state index in [9.17, 15) is 4.39 Å². The summed E-state index contributed by atoms with van der Waals surface area (Å²) < 4.78 is 12.6. The summed E-state index contributed by atoms with van der Waals surface area (Å²) in [6, 6.07) is 3.03. The lowest BCUT2D eigenvalue weighted by Gasteiger charge is -2.00. The Morgan fingerprint density at radius 3 is 2.55 bits per heavy atom. The highest BCUT2D eigenvalue weighted by Gasteiger charge is 1.98. The molecule has 1 rings (SSSR count). The molecule has 0 saturated heterocycles. The molecule has 62 valence electrons. The summed E-state index contributed by atoms with van der Waals surface area (Å²) in [5, 5.41) is 2.65. The Morgan fingerprint density at radius 1 is 1.45 bits per heavy atom. The largest absolute Gasteiger partial charge is 0.371 e. The topological polar surface area (TPSA) is 24.9 Å². The minimum atomic E-state index is -0.312. The Kier molecular flexibility index (Phi) is 3.82. The zero-order valence-electron chi connectivity index (χ0n) is 6.39. The number of nitrogens with one attached hydrogen (secondary N) is 1. The molecule has 0 atom stereocenters. The van der Waals surface area contributed by atoms with Crippen molar-refractivity contribution in [2.45, 2.75) is 6.92 Å². The molecule has 1 heterocycles. The van der Waals surface area contributed by atoms with Gasteiger partial charge in [0.15, 0.2) is 11.6 Å². The molecule has 0 aromatic carbocycles. The first-order valence-electron chi connectivity index (χ1n) is 3.05. The maximum absolute atomic E-state index is 12.6. The number of hydrogen-bond acceptors (Lipinski definition) is 2. The van der Waals surface area contributed by atoms with E-state index in [0.29, 0.717) is 5.82 Å². The van der Waals surface area contributed by atoms with Crippen LogP contribution in [0.3, 0.4) is 0 Å². The number of anilines is 1. The molecule has 0 saturated carbocycles. The van der Waals surface area contributed by atoms with Crippen LogP contribution >= 0.6 is 12.4 Å². The first kappa shape index (κ1) is 10.2. The van der Waals surface area contributed by atoms with Crippen LogP contribution in [0.25, 0.3) is 0 Å². The van der Waals surface area contributed by atoms with E-state index in [0.717, 1.165) is 5.69 Å². The Bertz CT molecular complexity index is 240. The van der Waals surface area contributed by atoms with Crippen LogP contribution in [-0.2, 0) is 0 Å². The molecule has 4 heteroatoms. The second-order valence-corrected chi connectivity index (χ2v) is 2.03. The molecule has 0 spiro atoms. The maximum atomic E-state index is 12.6. The van der Waals surface area contributed by atoms with Gasteiger partial charge in [-0.25, -0.2) is 9.37 Å². The van der Waals surface area contributed by atoms with Crippen molar-refractivity contribution in [3.63, 3.8) is 0 Å². The average Bonchev–Trinajstić information content (AvgIpc) is 1.94. The predicted molar refractivity (Wildman–Crippen MR) is 45.7 cm³/mol. The van der Waals surface area contributed by atoms with Crippen molar-refractivity contribution in [1.29, 1.82) is 0 Å². The van der Waals surface area contributed by atoms with Crippen LogP contribution < -0.4 is 5.32 Å². The average molecular weight is 177 g/mol. The molecule has 0 bridgehead atoms. The van der Waals surface area contributed by atoms with E-state index in [4.69, 9.17) is 0 Å². The van der Waals surface area contributed by atoms with Gasteiger partial charge in [0.05, 0.1) is 0 Å². The van der Waals surface area contributed by atoms with Crippen molar-refractivity contribution in [3.05, 3.63) is 23.6 Å². The molecule has 0 amide bonds. The predicted octanol–water partition coefficient (Wildman–Crippen LogP) is 1.99. The Hall–Kier alpha value is -0.830. The van der Waals surface area contributed by atoms with Crippen LogP contribution in [0.15, 0.2) is 12.1 Å². The molecule has 0 aliphatic heterocycles. The van der Waals surface area contributed by atoms with E-state index >= 15 is 0 Å². The third kappa shape index (κ3) is 2.35. The van der Waals surface area contributed by atoms with Crippen molar-refractivity contribution >= 4 is 18.2 Å². The van der Waals surface area contributed by atoms with Gasteiger partial charge in [-0.2, -0.15) is 0 Å². The third-order valence-electron chi connectivity index (χ3n) is 1.22. The van der Waals surface area contributed by atoms with Gasteiger partial charge in [-0.15, -0.1) is 12.4 Å². The van der Waals surface area contributed by atoms with E-state index in [1.807, 2.05) is 6.92 Å². The van der Waals surface area contributed by atoms with Crippen LogP contribution in [0.4, 0.5) is 10.2 Å². The van der Waals surface area contributed by atoms with Gasteiger partial charge in [0.25, 0.3) is 0 Å². The Morgan fingerprint density at radius 2 is 2.09 bits per heavy atom. The molecule has 0 aliphatic carbocycles. The number of aryl methyl sites for hydroxylation is 1. The monoisotopic (exact) mass is 176 g/mol. The Balaban J connectivity index is 0.000001000. The van der Waals surface area contributed by atoms with E-state index in [-0.39, 0.29) is 18.2 Å². The molecule has 0 radical (unpaired) electrons. The van der Waals surface area contributed by atoms with Crippen molar-refractivity contribution in [1.82, 2.24) is 4.98 Å². The number of aromatic nitrogens is 1. The van der Waals surface area contributed by atoms with Crippen LogP contribution in [0.1, 0.15) is 5.69 Å². The number of rotatable bonds is 1. The van der Waals surface area contributed by atoms with E-state index in [1.54, 1.807) is 13.1 Å². The summed E-state index contributed by atoms with van der Waals surface area (Å²) >= 11 is 0. The van der Waals surface area contributed by atoms with Gasteiger partial charge in [-0.3, -0.25) is 0 Å². The number of hydrogen-bond donors (Lipinski definition) is 1. The highest BCUT2D eigenvalue weighted by Crippen LogP contribution is 2.08. The van der Waals surface area contributed by atoms with Crippen molar-refractivity contribution in [2.24, 2.45) is 0 Å². The lowest BCUT2D eigenvalue weighted by molar-refractivity contribution is 0.625. The number of halogens is 2. The summed E-state index contributed by atoms with van der Waals surface area (Å²) in [5.41, 5.74) is 0.811. The van der Waals surface area contributed by atoms with E-state index < -0.39 is 0 Å². The molecule has 1 aromatic rings. The minimum absolute atomic E-state index is 0. The number of pyridine rings is 1. The molecule has 1 aromatic heterocycles. The lowest BCUT2D eigenvalue weighted by Crippen LogP contribution is -1.96. The normalized spacial score (nSPS) is 8.64. The summed E-state index contributed by atoms with van der Waals surface area (Å²) in [7, 11) is 1.64. The zero-order chi connectivity index (χ0) is 7.56. The van der Waals surface area contributed by atoms with Gasteiger partial charge in [0, 0.05) is 12.7 Å². The second-order valence-electron chi connectivity index (χ2n) is 2.03. The van der Waals surface area contributed by atoms with Crippen molar-refractivity contribution in [2.75, 3.05) is 12.4 Å². The van der Waals surface area contributed by atoms with Crippen LogP contribution in [0.2, 0.25) is 0 Å². The second kappa shape index (κ2) is 4.13. The SMILES string of the molecule is CNc1nc(C)ccc1F.Cl. The van der Waals surface area contributed by atoms with E-state index in [2.05, 4.69) is 10.3 Å². The summed E-state index contributed by atoms with van der Waals surface area (Å²) in [5.74, 6) is -0.00639. The van der Waals surface area contributed by atoms with Gasteiger partial charge >= 0.3 is 0 Å². The summed E-state index contributed by atoms with van der Waals surface area (Å²) in [4.78, 5) is 3.91. The third-order valence-corrected chi connectivity index (χ3v) is 1.22. The van der Waals surface area contributed by atoms with Crippen LogP contribution in [-0.4, -0.2) is 12.0 Å². The molecule has 0 fully saturated rings. The molecule has 0 unspecified atom stereocenters. The first-order chi connectivity index (χ1) is 4.74. The molecule has 2 nitrogen and oxygen atoms in total. The molecule has 1 N–H and O–H groups in total. The quantitative estimate of drug-likeness (QED) is 0.708. The highest BCUT2D eigenvalue weighted by molar-refractivity contribution is 5.85. The standard InChI is InChI=1S/C7H9FN2.ClH/c1-5-3-4-6(8)7(9-2)10-5;/h3-4H,1-2H3,(H,9,10);1H. The lowest BCUT2D eigenvalue weighted by atomic mass is 10.3. The van der Waals surface area contributed by atoms with Crippen molar-refractivity contribution in [3.8, 4) is 0 Å². The Labute approximate surface area is 71.2 Å². The van der Waals surface area contributed by atoms with Crippen molar-refractivity contribution < 1.29 is 4.39 Å². The molecule has 11 heavy (non-hydrogen) atoms. The first-order valence-corrected chi connectivity index (χ1v) is 3.05. The zero-order valence-corrected chi connectivity index (χ0v) is 7.20. The van der Waals surface area contributed by atoms with Gasteiger partial charge in [0.2, 0.25) is 0 Å². The van der Waals surface area contributed by atoms with Crippen LogP contribution in [0.5, 0.6) is 0 Å². The highest BCUT2D eigenvalue weighted by atomic mass is 35.5. The fraction of sp³-hybridized carbons (Fsp3) is 0.286. The molecule has 0 aliphatic rings. The van der Waals surface area contributed by atoms with Gasteiger partial charge in [0.1, 0.15) is 0 Å². The number of nitrogens with zero attached hydrogens (tertiary/aromatic N) is 1. The fourth-order valence-corrected chi connectivity index (χ4v) is 0.715. The van der Waals surface area contributed by atoms with E-state index in [1.165, 1.54) is 6.07 Å². The van der Waals surface area contributed by atoms with Gasteiger partial charge in [-0.05, 0) is 19.1 Å². The van der Waals surface area contributed by atoms with Gasteiger partial charge in [-0.1, -0.05) is 0 Å². The smallest absolute Gasteiger partial charge is 0.165 e. The minimum Gasteiger partial charge on any atom is -0.371 e. The van der Waals surface area contributed by atoms with Gasteiger partial charge < -0.3 is 5.32 Å². The summed E-state index contributed by atoms with van der Waals surface area (Å²) in [6.45, 7) is 1.82. The maximum Gasteiger partial charge on any atom is 0.165 e. The fourth-order valence-electron chi connectivity index (χ4n) is 0.715. The summed E-state index contributed by atoms with van der Waals surface area (Å²) in [6.07, 6.45) is 0. The molecular weight excluding hydrogens is 167 g/mol. The molecular formula is C7H10ClFN2. The van der Waals surface area contributed by atoms with Crippen LogP contribution in [0, 0.1) is 12.7 Å².